The van der Waals surface area contributed by atoms with E-state index in [0.717, 1.165) is 18.8 Å². The second kappa shape index (κ2) is 4.39. The third-order valence-corrected chi connectivity index (χ3v) is 1.99. The Hall–Kier alpha value is 0.557. The third-order valence-electron chi connectivity index (χ3n) is 1.99. The Kier molecular flexibility index (Phi) is 4.66. The molecule has 0 aromatic heterocycles. The van der Waals surface area contributed by atoms with Crippen LogP contribution < -0.4 is 18.9 Å². The first-order valence-corrected chi connectivity index (χ1v) is 3.47. The number of rotatable bonds is 0. The molecule has 0 heterocycles. The van der Waals surface area contributed by atoms with Gasteiger partial charge < -0.3 is 6.53 Å². The summed E-state index contributed by atoms with van der Waals surface area (Å²) < 4.78 is 0. The predicted octanol–water partition coefficient (Wildman–Crippen LogP) is -1.33. The van der Waals surface area contributed by atoms with E-state index in [1.807, 2.05) is 0 Å². The first-order chi connectivity index (χ1) is 3.79. The van der Waals surface area contributed by atoms with Gasteiger partial charge in [-0.3, -0.25) is 0 Å². The van der Waals surface area contributed by atoms with Gasteiger partial charge in [-0.2, -0.15) is 0 Å². The molecule has 0 aliphatic heterocycles. The molecule has 2 heteroatoms. The van der Waals surface area contributed by atoms with Crippen LogP contribution in [0.2, 0.25) is 0 Å². The van der Waals surface area contributed by atoms with Crippen molar-refractivity contribution >= 4 is 0 Å². The summed E-state index contributed by atoms with van der Waals surface area (Å²) in [5.41, 5.74) is 0. The van der Waals surface area contributed by atoms with Gasteiger partial charge in [0.2, 0.25) is 0 Å². The van der Waals surface area contributed by atoms with E-state index in [1.54, 1.807) is 0 Å². The zero-order chi connectivity index (χ0) is 5.98. The minimum absolute atomic E-state index is 0. The van der Waals surface area contributed by atoms with Crippen molar-refractivity contribution in [3.8, 4) is 0 Å². The van der Waals surface area contributed by atoms with Crippen molar-refractivity contribution in [2.75, 3.05) is 0 Å². The van der Waals surface area contributed by atoms with Crippen LogP contribution in [-0.4, -0.2) is 11.2 Å². The molecule has 1 aliphatic carbocycles. The molecular weight excluding hydrogens is 107 g/mol. The Labute approximate surface area is 70.5 Å². The molecule has 1 rings (SSSR count). The van der Waals surface area contributed by atoms with E-state index in [1.165, 1.54) is 12.8 Å². The molecule has 1 N–H and O–H groups in total. The van der Waals surface area contributed by atoms with Crippen LogP contribution in [0, 0.1) is 5.92 Å². The van der Waals surface area contributed by atoms with Crippen molar-refractivity contribution in [3.63, 3.8) is 0 Å². The van der Waals surface area contributed by atoms with Gasteiger partial charge in [0, 0.05) is 0 Å². The van der Waals surface area contributed by atoms with Crippen molar-refractivity contribution in [2.45, 2.75) is 38.7 Å². The fraction of sp³-hybridized carbons (Fsp3) is 1.00. The van der Waals surface area contributed by atoms with Gasteiger partial charge in [-0.25, -0.2) is 0 Å². The molecule has 50 valence electrons. The summed E-state index contributed by atoms with van der Waals surface area (Å²) in [7, 11) is 0. The van der Waals surface area contributed by atoms with Crippen LogP contribution in [0.1, 0.15) is 34.0 Å². The molecule has 0 bridgehead atoms. The van der Waals surface area contributed by atoms with Crippen molar-refractivity contribution in [1.82, 2.24) is 0 Å². The van der Waals surface area contributed by atoms with Crippen LogP contribution in [0.15, 0.2) is 0 Å². The van der Waals surface area contributed by atoms with E-state index in [0.29, 0.717) is 0 Å². The first-order valence-electron chi connectivity index (χ1n) is 3.47. The molecule has 9 heavy (non-hydrogen) atoms. The fourth-order valence-electron chi connectivity index (χ4n) is 1.24. The van der Waals surface area contributed by atoms with E-state index in [9.17, 15) is 0 Å². The molecule has 1 nitrogen and oxygen atoms in total. The molecular formula is C7H15LiO. The number of hydrogen-bond acceptors (Lipinski definition) is 1. The van der Waals surface area contributed by atoms with Crippen LogP contribution in [0.4, 0.5) is 0 Å². The largest absolute Gasteiger partial charge is 1.00 e. The van der Waals surface area contributed by atoms with E-state index < -0.39 is 0 Å². The molecule has 1 aliphatic rings. The summed E-state index contributed by atoms with van der Waals surface area (Å²) in [5.74, 6) is 0.860. The van der Waals surface area contributed by atoms with Gasteiger partial charge in [0.15, 0.2) is 0 Å². The topological polar surface area (TPSA) is 20.2 Å². The van der Waals surface area contributed by atoms with Gasteiger partial charge in [-0.15, -0.1) is 0 Å². The Morgan fingerprint density at radius 3 is 2.00 bits per heavy atom. The molecule has 0 atom stereocenters. The van der Waals surface area contributed by atoms with E-state index in [4.69, 9.17) is 5.11 Å². The monoisotopic (exact) mass is 122 g/mol. The average Bonchev–Trinajstić information content (AvgIpc) is 1.77. The van der Waals surface area contributed by atoms with Crippen LogP contribution in [0.3, 0.4) is 0 Å². The first kappa shape index (κ1) is 9.56. The fourth-order valence-corrected chi connectivity index (χ4v) is 1.24. The predicted molar refractivity (Wildman–Crippen MR) is 34.8 cm³/mol. The summed E-state index contributed by atoms with van der Waals surface area (Å²) in [6.45, 7) is 2.26. The van der Waals surface area contributed by atoms with Crippen LogP contribution in [0.5, 0.6) is 0 Å². The molecule has 0 amide bonds. The summed E-state index contributed by atoms with van der Waals surface area (Å²) in [4.78, 5) is 0. The molecule has 1 saturated carbocycles. The van der Waals surface area contributed by atoms with Gasteiger partial charge in [0.25, 0.3) is 0 Å². The molecule has 0 aromatic carbocycles. The summed E-state index contributed by atoms with van der Waals surface area (Å²) in [6, 6.07) is 0. The second-order valence-corrected chi connectivity index (χ2v) is 2.91. The van der Waals surface area contributed by atoms with E-state index in [-0.39, 0.29) is 26.4 Å². The Balaban J connectivity index is 0. The van der Waals surface area contributed by atoms with E-state index >= 15 is 0 Å². The molecule has 1 fully saturated rings. The molecule has 0 saturated heterocycles. The number of hydrogen-bond donors (Lipinski definition) is 1. The van der Waals surface area contributed by atoms with E-state index in [2.05, 4.69) is 6.92 Å². The maximum Gasteiger partial charge on any atom is 1.00 e. The van der Waals surface area contributed by atoms with Gasteiger partial charge in [-0.05, 0) is 31.6 Å². The molecule has 0 spiro atoms. The van der Waals surface area contributed by atoms with Crippen LogP contribution in [0.25, 0.3) is 0 Å². The third kappa shape index (κ3) is 3.30. The Bertz CT molecular complexity index is 62.0. The summed E-state index contributed by atoms with van der Waals surface area (Å²) in [6.07, 6.45) is 4.52. The number of aliphatic hydroxyl groups is 1. The van der Waals surface area contributed by atoms with Gasteiger partial charge >= 0.3 is 18.9 Å². The van der Waals surface area contributed by atoms with Gasteiger partial charge in [-0.1, -0.05) is 6.92 Å². The van der Waals surface area contributed by atoms with Crippen molar-refractivity contribution in [3.05, 3.63) is 0 Å². The zero-order valence-electron chi connectivity index (χ0n) is 7.43. The van der Waals surface area contributed by atoms with Crippen LogP contribution in [-0.2, 0) is 0 Å². The van der Waals surface area contributed by atoms with Gasteiger partial charge in [0.05, 0.1) is 6.10 Å². The van der Waals surface area contributed by atoms with Gasteiger partial charge in [0.1, 0.15) is 0 Å². The minimum Gasteiger partial charge on any atom is -1.00 e. The quantitative estimate of drug-likeness (QED) is 0.395. The maximum absolute atomic E-state index is 9.03. The van der Waals surface area contributed by atoms with Crippen molar-refractivity contribution in [2.24, 2.45) is 5.92 Å². The molecule has 0 radical (unpaired) electrons. The molecule has 0 aromatic rings. The summed E-state index contributed by atoms with van der Waals surface area (Å²) >= 11 is 0. The standard InChI is InChI=1S/C7H14O.Li.H/c1-6-2-4-7(8)5-3-6;;/h6-8H,2-5H2,1H3;;/q;+1;-1. The normalized spacial score (nSPS) is 35.3. The number of aliphatic hydroxyl groups excluding tert-OH is 1. The smallest absolute Gasteiger partial charge is 1.00 e. The van der Waals surface area contributed by atoms with Crippen molar-refractivity contribution < 1.29 is 25.4 Å². The Morgan fingerprint density at radius 2 is 1.67 bits per heavy atom. The second-order valence-electron chi connectivity index (χ2n) is 2.91. The van der Waals surface area contributed by atoms with Crippen molar-refractivity contribution in [1.29, 1.82) is 0 Å². The minimum atomic E-state index is 0. The molecule has 0 unspecified atom stereocenters. The van der Waals surface area contributed by atoms with Crippen LogP contribution >= 0.6 is 0 Å². The zero-order valence-corrected chi connectivity index (χ0v) is 6.43. The average molecular weight is 122 g/mol. The SMILES string of the molecule is CC1CCC(O)CC1.[H-].[Li+]. The summed E-state index contributed by atoms with van der Waals surface area (Å²) in [5, 5.41) is 9.03. The maximum atomic E-state index is 9.03. The Morgan fingerprint density at radius 1 is 1.22 bits per heavy atom.